The quantitative estimate of drug-likeness (QED) is 0.862. The van der Waals surface area contributed by atoms with Crippen LogP contribution in [-0.4, -0.2) is 37.6 Å². The number of piperazine rings is 1. The third-order valence-electron chi connectivity index (χ3n) is 3.45. The van der Waals surface area contributed by atoms with Crippen molar-refractivity contribution in [2.24, 2.45) is 0 Å². The number of benzene rings is 1. The largest absolute Gasteiger partial charge is 0.314 e. The smallest absolute Gasteiger partial charge is 0.126 e. The fourth-order valence-electron chi connectivity index (χ4n) is 2.47. The van der Waals surface area contributed by atoms with Crippen molar-refractivity contribution < 1.29 is 4.39 Å². The summed E-state index contributed by atoms with van der Waals surface area (Å²) in [6, 6.07) is 3.70. The first-order valence-corrected chi connectivity index (χ1v) is 6.35. The van der Waals surface area contributed by atoms with Crippen LogP contribution in [0.5, 0.6) is 0 Å². The lowest BCUT2D eigenvalue weighted by Crippen LogP contribution is -2.44. The van der Waals surface area contributed by atoms with Gasteiger partial charge in [-0.1, -0.05) is 6.07 Å². The maximum Gasteiger partial charge on any atom is 0.126 e. The van der Waals surface area contributed by atoms with Crippen molar-refractivity contribution in [1.29, 1.82) is 0 Å². The predicted molar refractivity (Wildman–Crippen MR) is 68.9 cm³/mol. The lowest BCUT2D eigenvalue weighted by molar-refractivity contribution is 0.243. The van der Waals surface area contributed by atoms with E-state index in [2.05, 4.69) is 16.3 Å². The number of nitrogens with one attached hydrogen (secondary N) is 1. The van der Waals surface area contributed by atoms with Gasteiger partial charge in [-0.15, -0.1) is 0 Å². The monoisotopic (exact) mass is 236 g/mol. The van der Waals surface area contributed by atoms with E-state index >= 15 is 0 Å². The van der Waals surface area contributed by atoms with E-state index in [4.69, 9.17) is 0 Å². The second-order valence-corrected chi connectivity index (χ2v) is 4.88. The van der Waals surface area contributed by atoms with Crippen molar-refractivity contribution in [1.82, 2.24) is 10.2 Å². The van der Waals surface area contributed by atoms with Crippen molar-refractivity contribution in [3.63, 3.8) is 0 Å². The Labute approximate surface area is 103 Å². The fraction of sp³-hybridized carbons (Fsp3) is 0.571. The van der Waals surface area contributed by atoms with E-state index in [-0.39, 0.29) is 5.82 Å². The van der Waals surface area contributed by atoms with E-state index in [9.17, 15) is 4.39 Å². The maximum absolute atomic E-state index is 13.8. The van der Waals surface area contributed by atoms with Gasteiger partial charge in [-0.3, -0.25) is 0 Å². The third-order valence-corrected chi connectivity index (χ3v) is 3.45. The van der Waals surface area contributed by atoms with Crippen LogP contribution in [0.3, 0.4) is 0 Å². The van der Waals surface area contributed by atoms with Crippen LogP contribution in [0.15, 0.2) is 12.1 Å². The average molecular weight is 236 g/mol. The van der Waals surface area contributed by atoms with E-state index in [0.717, 1.165) is 55.8 Å². The summed E-state index contributed by atoms with van der Waals surface area (Å²) >= 11 is 0. The SMILES string of the molecule is Cc1cc(C)c(CCN2CCNCC2)c(F)c1. The highest BCUT2D eigenvalue weighted by atomic mass is 19.1. The Bertz CT molecular complexity index is 361. The molecule has 0 radical (unpaired) electrons. The molecule has 3 heteroatoms. The Morgan fingerprint density at radius 1 is 1.24 bits per heavy atom. The third kappa shape index (κ3) is 3.27. The molecule has 1 aliphatic rings. The number of rotatable bonds is 3. The Balaban J connectivity index is 1.98. The zero-order valence-electron chi connectivity index (χ0n) is 10.7. The topological polar surface area (TPSA) is 15.3 Å². The molecule has 1 saturated heterocycles. The molecule has 0 bridgehead atoms. The lowest BCUT2D eigenvalue weighted by Gasteiger charge is -2.27. The van der Waals surface area contributed by atoms with Crippen LogP contribution in [0.2, 0.25) is 0 Å². The summed E-state index contributed by atoms with van der Waals surface area (Å²) in [7, 11) is 0. The summed E-state index contributed by atoms with van der Waals surface area (Å²) in [6.07, 6.45) is 0.817. The van der Waals surface area contributed by atoms with E-state index in [0.29, 0.717) is 0 Å². The van der Waals surface area contributed by atoms with Crippen LogP contribution in [0.25, 0.3) is 0 Å². The molecule has 0 aliphatic carbocycles. The van der Waals surface area contributed by atoms with Crippen LogP contribution in [-0.2, 0) is 6.42 Å². The molecular weight excluding hydrogens is 215 g/mol. The highest BCUT2D eigenvalue weighted by Crippen LogP contribution is 2.16. The standard InChI is InChI=1S/C14H21FN2/c1-11-9-12(2)13(14(15)10-11)3-6-17-7-4-16-5-8-17/h9-10,16H,3-8H2,1-2H3. The van der Waals surface area contributed by atoms with Crippen LogP contribution in [0.1, 0.15) is 16.7 Å². The first kappa shape index (κ1) is 12.5. The number of nitrogens with zero attached hydrogens (tertiary/aromatic N) is 1. The van der Waals surface area contributed by atoms with E-state index < -0.39 is 0 Å². The minimum atomic E-state index is -0.0439. The molecule has 1 aliphatic heterocycles. The van der Waals surface area contributed by atoms with Gasteiger partial charge >= 0.3 is 0 Å². The molecule has 1 heterocycles. The minimum Gasteiger partial charge on any atom is -0.314 e. The average Bonchev–Trinajstić information content (AvgIpc) is 2.29. The van der Waals surface area contributed by atoms with Gasteiger partial charge in [0.05, 0.1) is 0 Å². The summed E-state index contributed by atoms with van der Waals surface area (Å²) in [5.74, 6) is -0.0439. The minimum absolute atomic E-state index is 0.0439. The summed E-state index contributed by atoms with van der Waals surface area (Å²) in [6.45, 7) is 9.16. The fourth-order valence-corrected chi connectivity index (χ4v) is 2.47. The summed E-state index contributed by atoms with van der Waals surface area (Å²) in [5, 5.41) is 3.33. The van der Waals surface area contributed by atoms with Gasteiger partial charge in [-0.2, -0.15) is 0 Å². The van der Waals surface area contributed by atoms with Gasteiger partial charge in [0.15, 0.2) is 0 Å². The number of hydrogen-bond acceptors (Lipinski definition) is 2. The molecule has 0 saturated carbocycles. The summed E-state index contributed by atoms with van der Waals surface area (Å²) < 4.78 is 13.8. The van der Waals surface area contributed by atoms with Crippen LogP contribution >= 0.6 is 0 Å². The van der Waals surface area contributed by atoms with Gasteiger partial charge in [0, 0.05) is 32.7 Å². The first-order chi connectivity index (χ1) is 8.16. The molecule has 0 aromatic heterocycles. The Morgan fingerprint density at radius 2 is 1.94 bits per heavy atom. The highest BCUT2D eigenvalue weighted by molar-refractivity contribution is 5.32. The Hall–Kier alpha value is -0.930. The van der Waals surface area contributed by atoms with E-state index in [1.165, 1.54) is 0 Å². The first-order valence-electron chi connectivity index (χ1n) is 6.35. The van der Waals surface area contributed by atoms with Gasteiger partial charge in [0.2, 0.25) is 0 Å². The Morgan fingerprint density at radius 3 is 2.59 bits per heavy atom. The number of hydrogen-bond donors (Lipinski definition) is 1. The van der Waals surface area contributed by atoms with Crippen LogP contribution < -0.4 is 5.32 Å². The lowest BCUT2D eigenvalue weighted by atomic mass is 10.0. The molecular formula is C14H21FN2. The van der Waals surface area contributed by atoms with Gasteiger partial charge < -0.3 is 10.2 Å². The van der Waals surface area contributed by atoms with Crippen molar-refractivity contribution >= 4 is 0 Å². The molecule has 1 N–H and O–H groups in total. The zero-order valence-corrected chi connectivity index (χ0v) is 10.7. The van der Waals surface area contributed by atoms with Gasteiger partial charge in [0.25, 0.3) is 0 Å². The highest BCUT2D eigenvalue weighted by Gasteiger charge is 2.12. The van der Waals surface area contributed by atoms with E-state index in [1.54, 1.807) is 6.07 Å². The molecule has 1 aromatic carbocycles. The molecule has 0 spiro atoms. The van der Waals surface area contributed by atoms with Crippen molar-refractivity contribution in [3.8, 4) is 0 Å². The summed E-state index contributed by atoms with van der Waals surface area (Å²) in [4.78, 5) is 2.40. The van der Waals surface area contributed by atoms with E-state index in [1.807, 2.05) is 13.8 Å². The van der Waals surface area contributed by atoms with Crippen LogP contribution in [0.4, 0.5) is 4.39 Å². The zero-order chi connectivity index (χ0) is 12.3. The second kappa shape index (κ2) is 5.61. The molecule has 17 heavy (non-hydrogen) atoms. The molecule has 1 fully saturated rings. The van der Waals surface area contributed by atoms with Gasteiger partial charge in [-0.05, 0) is 43.0 Å². The normalized spacial score (nSPS) is 17.4. The maximum atomic E-state index is 13.8. The predicted octanol–water partition coefficient (Wildman–Crippen LogP) is 1.89. The summed E-state index contributed by atoms with van der Waals surface area (Å²) in [5.41, 5.74) is 2.97. The van der Waals surface area contributed by atoms with Crippen molar-refractivity contribution in [2.45, 2.75) is 20.3 Å². The molecule has 0 atom stereocenters. The molecule has 0 unspecified atom stereocenters. The second-order valence-electron chi connectivity index (χ2n) is 4.88. The molecule has 2 nitrogen and oxygen atoms in total. The number of aryl methyl sites for hydroxylation is 2. The van der Waals surface area contributed by atoms with Crippen molar-refractivity contribution in [3.05, 3.63) is 34.6 Å². The van der Waals surface area contributed by atoms with Gasteiger partial charge in [0.1, 0.15) is 5.82 Å². The molecule has 1 aromatic rings. The molecule has 2 rings (SSSR count). The molecule has 0 amide bonds. The number of halogens is 1. The molecule has 94 valence electrons. The van der Waals surface area contributed by atoms with Gasteiger partial charge in [-0.25, -0.2) is 4.39 Å². The van der Waals surface area contributed by atoms with Crippen molar-refractivity contribution in [2.75, 3.05) is 32.7 Å². The Kier molecular flexibility index (Phi) is 4.13. The van der Waals surface area contributed by atoms with Crippen LogP contribution in [0, 0.1) is 19.7 Å².